The predicted octanol–water partition coefficient (Wildman–Crippen LogP) is 3.50. The van der Waals surface area contributed by atoms with Crippen LogP contribution in [0, 0.1) is 23.3 Å². The summed E-state index contributed by atoms with van der Waals surface area (Å²) in [4.78, 5) is 11.2. The number of carbonyl (C=O) groups is 1. The number of hydrogen-bond donors (Lipinski definition) is 0. The highest BCUT2D eigenvalue weighted by molar-refractivity contribution is 5.75. The van der Waals surface area contributed by atoms with Crippen molar-refractivity contribution < 1.29 is 27.1 Å². The van der Waals surface area contributed by atoms with E-state index in [-0.39, 0.29) is 12.5 Å². The summed E-state index contributed by atoms with van der Waals surface area (Å²) in [6.45, 7) is 5.22. The molecule has 0 unspecified atom stereocenters. The van der Waals surface area contributed by atoms with Crippen molar-refractivity contribution in [1.29, 1.82) is 0 Å². The van der Waals surface area contributed by atoms with Gasteiger partial charge in [0.25, 0.3) is 0 Å². The normalized spacial score (nSPS) is 10.3. The van der Waals surface area contributed by atoms with Gasteiger partial charge < -0.3 is 4.74 Å². The van der Waals surface area contributed by atoms with Crippen LogP contribution in [0.2, 0.25) is 0 Å². The zero-order valence-corrected chi connectivity index (χ0v) is 9.53. The fraction of sp³-hybridized carbons (Fsp3) is 0.250. The molecule has 2 nitrogen and oxygen atoms in total. The van der Waals surface area contributed by atoms with Crippen LogP contribution in [0.15, 0.2) is 18.2 Å². The summed E-state index contributed by atoms with van der Waals surface area (Å²) in [5.41, 5.74) is 0.470. The Morgan fingerprint density at radius 1 is 1.22 bits per heavy atom. The maximum atomic E-state index is 13.1. The van der Waals surface area contributed by atoms with Crippen LogP contribution in [0.4, 0.5) is 17.6 Å². The van der Waals surface area contributed by atoms with Gasteiger partial charge in [0.15, 0.2) is 11.6 Å². The third-order valence-corrected chi connectivity index (χ3v) is 2.18. The Kier molecular flexibility index (Phi) is 4.47. The lowest BCUT2D eigenvalue weighted by Crippen LogP contribution is -2.12. The van der Waals surface area contributed by atoms with Crippen LogP contribution in [0.5, 0.6) is 5.75 Å². The van der Waals surface area contributed by atoms with E-state index in [1.54, 1.807) is 6.92 Å². The molecule has 0 saturated carbocycles. The molecule has 1 rings (SSSR count). The zero-order valence-electron chi connectivity index (χ0n) is 9.53. The van der Waals surface area contributed by atoms with Crippen molar-refractivity contribution in [2.24, 2.45) is 0 Å². The second-order valence-electron chi connectivity index (χ2n) is 3.55. The number of esters is 1. The molecule has 18 heavy (non-hydrogen) atoms. The number of halogens is 4. The van der Waals surface area contributed by atoms with Crippen molar-refractivity contribution in [3.05, 3.63) is 41.5 Å². The molecule has 0 aromatic heterocycles. The molecule has 0 aliphatic carbocycles. The highest BCUT2D eigenvalue weighted by Gasteiger charge is 2.22. The number of rotatable bonds is 4. The van der Waals surface area contributed by atoms with Crippen LogP contribution in [-0.4, -0.2) is 5.97 Å². The summed E-state index contributed by atoms with van der Waals surface area (Å²) >= 11 is 0. The van der Waals surface area contributed by atoms with Crippen molar-refractivity contribution in [3.8, 4) is 5.75 Å². The van der Waals surface area contributed by atoms with E-state index < -0.39 is 35.0 Å². The molecule has 0 atom stereocenters. The van der Waals surface area contributed by atoms with Crippen molar-refractivity contribution in [2.75, 3.05) is 0 Å². The van der Waals surface area contributed by atoms with Gasteiger partial charge in [0, 0.05) is 6.07 Å². The van der Waals surface area contributed by atoms with E-state index in [1.165, 1.54) is 0 Å². The van der Waals surface area contributed by atoms with Crippen molar-refractivity contribution in [3.63, 3.8) is 0 Å². The monoisotopic (exact) mass is 262 g/mol. The van der Waals surface area contributed by atoms with Gasteiger partial charge in [-0.1, -0.05) is 19.1 Å². The lowest BCUT2D eigenvalue weighted by molar-refractivity contribution is -0.134. The van der Waals surface area contributed by atoms with Crippen LogP contribution < -0.4 is 4.74 Å². The third-order valence-electron chi connectivity index (χ3n) is 2.18. The summed E-state index contributed by atoms with van der Waals surface area (Å²) in [7, 11) is 0. The zero-order chi connectivity index (χ0) is 13.9. The first kappa shape index (κ1) is 14.2. The molecule has 98 valence electrons. The molecule has 0 radical (unpaired) electrons. The van der Waals surface area contributed by atoms with Crippen molar-refractivity contribution >= 4 is 5.97 Å². The maximum Gasteiger partial charge on any atom is 0.315 e. The van der Waals surface area contributed by atoms with Crippen LogP contribution in [0.3, 0.4) is 0 Å². The van der Waals surface area contributed by atoms with Crippen LogP contribution in [0.1, 0.15) is 19.8 Å². The van der Waals surface area contributed by atoms with E-state index in [9.17, 15) is 22.4 Å². The van der Waals surface area contributed by atoms with Gasteiger partial charge in [0.05, 0.1) is 6.42 Å². The van der Waals surface area contributed by atoms with Crippen molar-refractivity contribution in [2.45, 2.75) is 19.8 Å². The molecule has 0 saturated heterocycles. The predicted molar refractivity (Wildman–Crippen MR) is 56.0 cm³/mol. The Morgan fingerprint density at radius 3 is 2.17 bits per heavy atom. The fourth-order valence-electron chi connectivity index (χ4n) is 1.12. The molecule has 6 heteroatoms. The summed E-state index contributed by atoms with van der Waals surface area (Å²) in [6.07, 6.45) is 0.186. The average molecular weight is 262 g/mol. The lowest BCUT2D eigenvalue weighted by atomic mass is 10.2. The number of carbonyl (C=O) groups excluding carboxylic acids is 1. The van der Waals surface area contributed by atoms with Gasteiger partial charge in [-0.3, -0.25) is 4.79 Å². The first-order valence-corrected chi connectivity index (χ1v) is 5.07. The van der Waals surface area contributed by atoms with E-state index in [0.29, 0.717) is 12.0 Å². The molecule has 0 aliphatic heterocycles. The fourth-order valence-corrected chi connectivity index (χ4v) is 1.12. The van der Waals surface area contributed by atoms with Crippen LogP contribution in [-0.2, 0) is 4.79 Å². The highest BCUT2D eigenvalue weighted by Crippen LogP contribution is 2.27. The van der Waals surface area contributed by atoms with Gasteiger partial charge in [-0.05, 0) is 6.42 Å². The Balaban J connectivity index is 2.97. The lowest BCUT2D eigenvalue weighted by Gasteiger charge is -2.08. The largest absolute Gasteiger partial charge is 0.420 e. The highest BCUT2D eigenvalue weighted by atomic mass is 19.2. The molecule has 0 spiro atoms. The topological polar surface area (TPSA) is 26.3 Å². The summed E-state index contributed by atoms with van der Waals surface area (Å²) < 4.78 is 56.2. The molecule has 1 aromatic rings. The maximum absolute atomic E-state index is 13.1. The average Bonchev–Trinajstić information content (AvgIpc) is 2.32. The molecule has 0 amide bonds. The number of hydrogen-bond acceptors (Lipinski definition) is 2. The van der Waals surface area contributed by atoms with Crippen LogP contribution in [0.25, 0.3) is 0 Å². The SMILES string of the molecule is C=C(CC)CC(=O)Oc1c(F)c(F)cc(F)c1F. The van der Waals surface area contributed by atoms with Crippen LogP contribution >= 0.6 is 0 Å². The summed E-state index contributed by atoms with van der Waals surface area (Å²) in [5, 5.41) is 0. The van der Waals surface area contributed by atoms with Gasteiger partial charge in [0.2, 0.25) is 17.4 Å². The molecular formula is C12H10F4O2. The van der Waals surface area contributed by atoms with E-state index in [1.807, 2.05) is 0 Å². The van der Waals surface area contributed by atoms with E-state index in [0.717, 1.165) is 0 Å². The first-order chi connectivity index (χ1) is 8.36. The molecule has 0 aliphatic rings. The molecule has 0 heterocycles. The standard InChI is InChI=1S/C12H10F4O2/c1-3-6(2)4-9(17)18-12-10(15)7(13)5-8(14)11(12)16/h5H,2-4H2,1H3. The molecule has 0 N–H and O–H groups in total. The number of benzene rings is 1. The minimum Gasteiger partial charge on any atom is -0.420 e. The Morgan fingerprint density at radius 2 is 1.72 bits per heavy atom. The van der Waals surface area contributed by atoms with E-state index in [4.69, 9.17) is 0 Å². The van der Waals surface area contributed by atoms with Crippen molar-refractivity contribution in [1.82, 2.24) is 0 Å². The van der Waals surface area contributed by atoms with E-state index >= 15 is 0 Å². The molecule has 1 aromatic carbocycles. The van der Waals surface area contributed by atoms with Gasteiger partial charge in [-0.25, -0.2) is 8.78 Å². The van der Waals surface area contributed by atoms with Gasteiger partial charge in [-0.2, -0.15) is 8.78 Å². The second-order valence-corrected chi connectivity index (χ2v) is 3.55. The first-order valence-electron chi connectivity index (χ1n) is 5.07. The van der Waals surface area contributed by atoms with Gasteiger partial charge >= 0.3 is 5.97 Å². The second kappa shape index (κ2) is 5.66. The Bertz CT molecular complexity index is 471. The van der Waals surface area contributed by atoms with E-state index in [2.05, 4.69) is 11.3 Å². The minimum atomic E-state index is -1.75. The molecule has 0 bridgehead atoms. The van der Waals surface area contributed by atoms with Gasteiger partial charge in [-0.15, -0.1) is 0 Å². The quantitative estimate of drug-likeness (QED) is 0.273. The number of ether oxygens (including phenoxy) is 1. The smallest absolute Gasteiger partial charge is 0.315 e. The molecule has 0 fully saturated rings. The third kappa shape index (κ3) is 3.09. The molecular weight excluding hydrogens is 252 g/mol. The Hall–Kier alpha value is -1.85. The van der Waals surface area contributed by atoms with Gasteiger partial charge in [0.1, 0.15) is 0 Å². The summed E-state index contributed by atoms with van der Waals surface area (Å²) in [5.74, 6) is -9.17. The minimum absolute atomic E-state index is 0.0347. The Labute approximate surface area is 101 Å². The summed E-state index contributed by atoms with van der Waals surface area (Å²) in [6, 6.07) is 0.0347.